The summed E-state index contributed by atoms with van der Waals surface area (Å²) >= 11 is 0. The molecule has 8 aromatic carbocycles. The first-order valence-corrected chi connectivity index (χ1v) is 18.3. The number of benzene rings is 8. The molecule has 10 rings (SSSR count). The predicted molar refractivity (Wildman–Crippen MR) is 222 cm³/mol. The highest BCUT2D eigenvalue weighted by atomic mass is 16.3. The average Bonchev–Trinajstić information content (AvgIpc) is 3.65. The van der Waals surface area contributed by atoms with E-state index in [0.717, 1.165) is 39.0 Å². The normalized spacial score (nSPS) is 13.9. The molecule has 0 unspecified atom stereocenters. The third kappa shape index (κ3) is 4.50. The van der Waals surface area contributed by atoms with Crippen molar-refractivity contribution in [3.63, 3.8) is 0 Å². The summed E-state index contributed by atoms with van der Waals surface area (Å²) in [6.45, 7) is 11.4. The van der Waals surface area contributed by atoms with E-state index in [-0.39, 0.29) is 5.41 Å². The second kappa shape index (κ2) is 11.2. The average molecular weight is 670 g/mol. The molecule has 1 aromatic heterocycles. The molecule has 250 valence electrons. The second-order valence-electron chi connectivity index (χ2n) is 15.1. The Balaban J connectivity index is 1.07. The lowest BCUT2D eigenvalue weighted by Crippen LogP contribution is -2.15. The smallest absolute Gasteiger partial charge is 0.137 e. The maximum Gasteiger partial charge on any atom is 0.137 e. The Kier molecular flexibility index (Phi) is 6.60. The van der Waals surface area contributed by atoms with Crippen molar-refractivity contribution in [3.05, 3.63) is 173 Å². The summed E-state index contributed by atoms with van der Waals surface area (Å²) in [5.41, 5.74) is 14.1. The van der Waals surface area contributed by atoms with Crippen LogP contribution in [0.15, 0.2) is 150 Å². The summed E-state index contributed by atoms with van der Waals surface area (Å²) in [5.74, 6) is 0. The molecule has 0 aliphatic heterocycles. The highest BCUT2D eigenvalue weighted by Gasteiger charge is 2.34. The van der Waals surface area contributed by atoms with Crippen molar-refractivity contribution in [3.8, 4) is 0 Å². The maximum atomic E-state index is 6.70. The third-order valence-corrected chi connectivity index (χ3v) is 11.8. The van der Waals surface area contributed by atoms with Crippen LogP contribution >= 0.6 is 0 Å². The Labute approximate surface area is 304 Å². The van der Waals surface area contributed by atoms with Crippen LogP contribution in [0.2, 0.25) is 0 Å². The molecule has 0 amide bonds. The fraction of sp³-hybridized carbons (Fsp3) is 0.120. The molecule has 2 nitrogen and oxygen atoms in total. The number of nitrogens with zero attached hydrogens (tertiary/aromatic N) is 1. The first-order valence-electron chi connectivity index (χ1n) is 18.3. The van der Waals surface area contributed by atoms with Crippen LogP contribution in [0.1, 0.15) is 55.5 Å². The summed E-state index contributed by atoms with van der Waals surface area (Å²) < 4.78 is 6.70. The number of hydrogen-bond acceptors (Lipinski definition) is 2. The Morgan fingerprint density at radius 2 is 1.13 bits per heavy atom. The lowest BCUT2D eigenvalue weighted by molar-refractivity contribution is 0.662. The number of furan rings is 1. The van der Waals surface area contributed by atoms with E-state index >= 15 is 0 Å². The zero-order chi connectivity index (χ0) is 35.3. The summed E-state index contributed by atoms with van der Waals surface area (Å²) in [7, 11) is 0. The van der Waals surface area contributed by atoms with Gasteiger partial charge in [0.15, 0.2) is 0 Å². The number of anilines is 3. The molecule has 2 heteroatoms. The zero-order valence-electron chi connectivity index (χ0n) is 30.2. The van der Waals surface area contributed by atoms with Crippen molar-refractivity contribution in [2.45, 2.75) is 40.0 Å². The van der Waals surface area contributed by atoms with E-state index < -0.39 is 0 Å². The fourth-order valence-electron chi connectivity index (χ4n) is 8.75. The van der Waals surface area contributed by atoms with Gasteiger partial charge in [0.1, 0.15) is 11.2 Å². The van der Waals surface area contributed by atoms with E-state index in [1.54, 1.807) is 0 Å². The van der Waals surface area contributed by atoms with Crippen molar-refractivity contribution >= 4 is 82.5 Å². The van der Waals surface area contributed by atoms with Crippen LogP contribution in [0, 0.1) is 6.92 Å². The van der Waals surface area contributed by atoms with Crippen molar-refractivity contribution < 1.29 is 4.42 Å². The van der Waals surface area contributed by atoms with Crippen LogP contribution in [-0.4, -0.2) is 0 Å². The van der Waals surface area contributed by atoms with E-state index in [2.05, 4.69) is 185 Å². The second-order valence-corrected chi connectivity index (χ2v) is 15.1. The number of fused-ring (bicyclic) bond motifs is 4. The molecule has 1 aliphatic carbocycles. The Morgan fingerprint density at radius 3 is 1.98 bits per heavy atom. The van der Waals surface area contributed by atoms with Crippen LogP contribution in [-0.2, 0) is 5.41 Å². The first kappa shape index (κ1) is 30.7. The molecule has 1 aliphatic rings. The lowest BCUT2D eigenvalue weighted by Gasteiger charge is -2.27. The number of rotatable bonds is 5. The van der Waals surface area contributed by atoms with Crippen molar-refractivity contribution in [1.82, 2.24) is 0 Å². The van der Waals surface area contributed by atoms with E-state index in [9.17, 15) is 0 Å². The van der Waals surface area contributed by atoms with Crippen molar-refractivity contribution in [1.29, 1.82) is 0 Å². The van der Waals surface area contributed by atoms with Crippen LogP contribution in [0.3, 0.4) is 0 Å². The Morgan fingerprint density at radius 1 is 0.500 bits per heavy atom. The zero-order valence-corrected chi connectivity index (χ0v) is 30.2. The molecule has 9 aromatic rings. The number of aryl methyl sites for hydroxylation is 1. The molecule has 1 heterocycles. The predicted octanol–water partition coefficient (Wildman–Crippen LogP) is 14.4. The third-order valence-electron chi connectivity index (χ3n) is 11.8. The SMILES string of the molecule is CC(=C(C)c1ccc2c(c1)oc1cc(N(c3ccc4ccccc4c3)c3ccccc3C)ccc12)c1cc2c3c(ccc4cccc(c43)C2(C)C)c1. The highest BCUT2D eigenvalue weighted by Crippen LogP contribution is 2.50. The minimum Gasteiger partial charge on any atom is -0.456 e. The van der Waals surface area contributed by atoms with E-state index in [0.29, 0.717) is 0 Å². The molecule has 0 atom stereocenters. The van der Waals surface area contributed by atoms with Crippen LogP contribution < -0.4 is 4.90 Å². The largest absolute Gasteiger partial charge is 0.456 e. The molecular formula is C50H39NO. The van der Waals surface area contributed by atoms with Gasteiger partial charge < -0.3 is 9.32 Å². The van der Waals surface area contributed by atoms with Gasteiger partial charge in [0.25, 0.3) is 0 Å². The molecule has 0 spiro atoms. The first-order chi connectivity index (χ1) is 25.3. The van der Waals surface area contributed by atoms with Gasteiger partial charge >= 0.3 is 0 Å². The minimum absolute atomic E-state index is 0.0409. The van der Waals surface area contributed by atoms with Crippen molar-refractivity contribution in [2.75, 3.05) is 4.90 Å². The topological polar surface area (TPSA) is 16.4 Å². The summed E-state index contributed by atoms with van der Waals surface area (Å²) in [6, 6.07) is 53.3. The Bertz CT molecular complexity index is 2970. The summed E-state index contributed by atoms with van der Waals surface area (Å²) in [4.78, 5) is 2.34. The molecule has 0 saturated heterocycles. The van der Waals surface area contributed by atoms with Crippen molar-refractivity contribution in [2.24, 2.45) is 0 Å². The van der Waals surface area contributed by atoms with Gasteiger partial charge in [-0.15, -0.1) is 0 Å². The van der Waals surface area contributed by atoms with E-state index in [1.807, 2.05) is 0 Å². The summed E-state index contributed by atoms with van der Waals surface area (Å²) in [6.07, 6.45) is 0. The van der Waals surface area contributed by atoms with Crippen LogP contribution in [0.25, 0.3) is 65.4 Å². The highest BCUT2D eigenvalue weighted by molar-refractivity contribution is 6.16. The molecule has 52 heavy (non-hydrogen) atoms. The number of para-hydroxylation sites is 1. The van der Waals surface area contributed by atoms with Gasteiger partial charge in [-0.3, -0.25) is 0 Å². The van der Waals surface area contributed by atoms with Crippen LogP contribution in [0.4, 0.5) is 17.1 Å². The summed E-state index contributed by atoms with van der Waals surface area (Å²) in [5, 5.41) is 10.2. The van der Waals surface area contributed by atoms with Gasteiger partial charge in [0.05, 0.1) is 0 Å². The number of allylic oxidation sites excluding steroid dienone is 2. The monoisotopic (exact) mass is 669 g/mol. The molecular weight excluding hydrogens is 631 g/mol. The quantitative estimate of drug-likeness (QED) is 0.134. The minimum atomic E-state index is -0.0409. The van der Waals surface area contributed by atoms with E-state index in [1.165, 1.54) is 71.3 Å². The molecule has 0 fully saturated rings. The lowest BCUT2D eigenvalue weighted by atomic mass is 9.80. The van der Waals surface area contributed by atoms with E-state index in [4.69, 9.17) is 4.42 Å². The fourth-order valence-corrected chi connectivity index (χ4v) is 8.75. The maximum absolute atomic E-state index is 6.70. The van der Waals surface area contributed by atoms with Gasteiger partial charge in [0.2, 0.25) is 0 Å². The van der Waals surface area contributed by atoms with Gasteiger partial charge in [0, 0.05) is 39.3 Å². The van der Waals surface area contributed by atoms with Gasteiger partial charge in [-0.2, -0.15) is 0 Å². The number of hydrogen-bond donors (Lipinski definition) is 0. The van der Waals surface area contributed by atoms with Gasteiger partial charge in [-0.25, -0.2) is 0 Å². The molecule has 0 N–H and O–H groups in total. The molecule has 0 saturated carbocycles. The molecule has 0 bridgehead atoms. The Hall–Kier alpha value is -6.12. The van der Waals surface area contributed by atoms with Gasteiger partial charge in [-0.1, -0.05) is 98.8 Å². The molecule has 0 radical (unpaired) electrons. The standard InChI is InChI=1S/C50H39NO/c1-30-11-6-9-16-45(30)51(39-21-19-33-12-7-8-13-36(33)26-39)40-22-24-42-41-23-20-35(28-46(41)52-47(42)29-40)31(2)32(3)38-25-37-18-17-34-14-10-15-43-48(34)49(37)44(27-38)50(43,4)5/h6-29H,1-5H3. The van der Waals surface area contributed by atoms with Gasteiger partial charge in [-0.05, 0) is 147 Å². The van der Waals surface area contributed by atoms with Crippen LogP contribution in [0.5, 0.6) is 0 Å².